The SMILES string of the molecule is O=C(O)c1cccc(C(OCCCBr)(OCCCBr)c2ccccc2)c1. The smallest absolute Gasteiger partial charge is 0.335 e. The number of hydrogen-bond acceptors (Lipinski definition) is 3. The summed E-state index contributed by atoms with van der Waals surface area (Å²) in [4.78, 5) is 11.4. The molecule has 0 radical (unpaired) electrons. The monoisotopic (exact) mass is 484 g/mol. The summed E-state index contributed by atoms with van der Waals surface area (Å²) in [5.74, 6) is -2.12. The van der Waals surface area contributed by atoms with Crippen molar-refractivity contribution in [2.24, 2.45) is 0 Å². The van der Waals surface area contributed by atoms with Crippen molar-refractivity contribution in [3.63, 3.8) is 0 Å². The first-order valence-electron chi connectivity index (χ1n) is 8.43. The highest BCUT2D eigenvalue weighted by Crippen LogP contribution is 2.36. The predicted octanol–water partition coefficient (Wildman–Crippen LogP) is 5.19. The van der Waals surface area contributed by atoms with Gasteiger partial charge in [0.25, 0.3) is 0 Å². The van der Waals surface area contributed by atoms with Gasteiger partial charge in [-0.2, -0.15) is 0 Å². The molecule has 0 saturated carbocycles. The van der Waals surface area contributed by atoms with Crippen LogP contribution in [0, 0.1) is 0 Å². The predicted molar refractivity (Wildman–Crippen MR) is 109 cm³/mol. The van der Waals surface area contributed by atoms with Crippen molar-refractivity contribution in [2.75, 3.05) is 23.9 Å². The van der Waals surface area contributed by atoms with E-state index in [1.165, 1.54) is 0 Å². The number of halogens is 2. The Morgan fingerprint density at radius 1 is 0.885 bits per heavy atom. The Labute approximate surface area is 170 Å². The van der Waals surface area contributed by atoms with E-state index in [1.54, 1.807) is 18.2 Å². The van der Waals surface area contributed by atoms with Crippen LogP contribution in [-0.2, 0) is 15.3 Å². The highest BCUT2D eigenvalue weighted by molar-refractivity contribution is 9.09. The normalized spacial score (nSPS) is 11.5. The number of carbonyl (C=O) groups is 1. The van der Waals surface area contributed by atoms with Gasteiger partial charge in [0.2, 0.25) is 5.79 Å². The molecule has 0 spiro atoms. The Bertz CT molecular complexity index is 681. The van der Waals surface area contributed by atoms with Crippen LogP contribution in [-0.4, -0.2) is 34.9 Å². The lowest BCUT2D eigenvalue weighted by atomic mass is 9.95. The topological polar surface area (TPSA) is 55.8 Å². The van der Waals surface area contributed by atoms with Crippen LogP contribution in [0.3, 0.4) is 0 Å². The highest BCUT2D eigenvalue weighted by atomic mass is 79.9. The molecule has 0 aliphatic carbocycles. The quantitative estimate of drug-likeness (QED) is 0.270. The van der Waals surface area contributed by atoms with E-state index in [-0.39, 0.29) is 5.56 Å². The minimum Gasteiger partial charge on any atom is -0.478 e. The fraction of sp³-hybridized carbons (Fsp3) is 0.350. The van der Waals surface area contributed by atoms with Gasteiger partial charge in [-0.25, -0.2) is 4.79 Å². The van der Waals surface area contributed by atoms with Gasteiger partial charge >= 0.3 is 5.97 Å². The molecule has 0 bridgehead atoms. The van der Waals surface area contributed by atoms with Crippen LogP contribution in [0.1, 0.15) is 34.3 Å². The maximum atomic E-state index is 11.4. The maximum absolute atomic E-state index is 11.4. The fourth-order valence-corrected chi connectivity index (χ4v) is 3.05. The summed E-state index contributed by atoms with van der Waals surface area (Å²) in [6, 6.07) is 16.4. The molecule has 0 saturated heterocycles. The molecule has 0 aliphatic heterocycles. The minimum atomic E-state index is -1.14. The van der Waals surface area contributed by atoms with Crippen LogP contribution in [0.15, 0.2) is 54.6 Å². The number of rotatable bonds is 11. The van der Waals surface area contributed by atoms with E-state index < -0.39 is 11.8 Å². The molecule has 0 fully saturated rings. The lowest BCUT2D eigenvalue weighted by molar-refractivity contribution is -0.217. The number of ether oxygens (including phenoxy) is 2. The third kappa shape index (κ3) is 5.39. The number of hydrogen-bond donors (Lipinski definition) is 1. The zero-order chi connectivity index (χ0) is 18.8. The van der Waals surface area contributed by atoms with Crippen LogP contribution in [0.4, 0.5) is 0 Å². The summed E-state index contributed by atoms with van der Waals surface area (Å²) in [5.41, 5.74) is 1.72. The molecule has 0 aromatic heterocycles. The standard InChI is InChI=1S/C20H22Br2O4/c21-11-5-13-25-20(26-14-6-12-22,17-8-2-1-3-9-17)18-10-4-7-16(15-18)19(23)24/h1-4,7-10,15H,5-6,11-14H2,(H,23,24). The third-order valence-corrected chi connectivity index (χ3v) is 4.93. The molecule has 0 heterocycles. The van der Waals surface area contributed by atoms with Crippen molar-refractivity contribution in [2.45, 2.75) is 18.6 Å². The van der Waals surface area contributed by atoms with Gasteiger partial charge in [0.1, 0.15) is 0 Å². The molecule has 2 aromatic rings. The lowest BCUT2D eigenvalue weighted by Crippen LogP contribution is -2.36. The Hall–Kier alpha value is -1.21. The second-order valence-electron chi connectivity index (χ2n) is 5.65. The molecular weight excluding hydrogens is 464 g/mol. The van der Waals surface area contributed by atoms with E-state index in [0.29, 0.717) is 18.8 Å². The minimum absolute atomic E-state index is 0.205. The average molecular weight is 486 g/mol. The summed E-state index contributed by atoms with van der Waals surface area (Å²) in [6.45, 7) is 0.956. The van der Waals surface area contributed by atoms with E-state index in [0.717, 1.165) is 29.1 Å². The van der Waals surface area contributed by atoms with Gasteiger partial charge in [0.15, 0.2) is 0 Å². The van der Waals surface area contributed by atoms with E-state index >= 15 is 0 Å². The van der Waals surface area contributed by atoms with Gasteiger partial charge in [-0.15, -0.1) is 0 Å². The molecular formula is C20H22Br2O4. The third-order valence-electron chi connectivity index (χ3n) is 3.81. The van der Waals surface area contributed by atoms with Gasteiger partial charge in [-0.1, -0.05) is 74.3 Å². The van der Waals surface area contributed by atoms with E-state index in [4.69, 9.17) is 9.47 Å². The largest absolute Gasteiger partial charge is 0.478 e. The Morgan fingerprint density at radius 3 is 2.00 bits per heavy atom. The molecule has 1 N–H and O–H groups in total. The van der Waals surface area contributed by atoms with E-state index in [9.17, 15) is 9.90 Å². The molecule has 140 valence electrons. The number of carboxylic acids is 1. The number of carboxylic acid groups (broad SMARTS) is 1. The van der Waals surface area contributed by atoms with Gasteiger partial charge < -0.3 is 14.6 Å². The van der Waals surface area contributed by atoms with Gasteiger partial charge in [0.05, 0.1) is 18.8 Å². The van der Waals surface area contributed by atoms with Crippen LogP contribution in [0.2, 0.25) is 0 Å². The van der Waals surface area contributed by atoms with Crippen molar-refractivity contribution in [1.82, 2.24) is 0 Å². The average Bonchev–Trinajstić information content (AvgIpc) is 2.68. The zero-order valence-electron chi connectivity index (χ0n) is 14.4. The van der Waals surface area contributed by atoms with Crippen molar-refractivity contribution >= 4 is 37.8 Å². The summed E-state index contributed by atoms with van der Waals surface area (Å²) >= 11 is 6.84. The summed E-state index contributed by atoms with van der Waals surface area (Å²) in [5, 5.41) is 11.0. The van der Waals surface area contributed by atoms with Crippen molar-refractivity contribution in [1.29, 1.82) is 0 Å². The first kappa shape index (κ1) is 21.1. The first-order chi connectivity index (χ1) is 12.6. The Morgan fingerprint density at radius 2 is 1.46 bits per heavy atom. The van der Waals surface area contributed by atoms with Crippen LogP contribution >= 0.6 is 31.9 Å². The Kier molecular flexibility index (Phi) is 8.78. The molecule has 0 aliphatic rings. The van der Waals surface area contributed by atoms with Gasteiger partial charge in [-0.05, 0) is 25.0 Å². The Balaban J connectivity index is 2.52. The second-order valence-corrected chi connectivity index (χ2v) is 7.24. The lowest BCUT2D eigenvalue weighted by Gasteiger charge is -2.35. The highest BCUT2D eigenvalue weighted by Gasteiger charge is 2.37. The van der Waals surface area contributed by atoms with Crippen LogP contribution in [0.5, 0.6) is 0 Å². The molecule has 26 heavy (non-hydrogen) atoms. The maximum Gasteiger partial charge on any atom is 0.335 e. The molecule has 6 heteroatoms. The van der Waals surface area contributed by atoms with Crippen LogP contribution < -0.4 is 0 Å². The van der Waals surface area contributed by atoms with Crippen molar-refractivity contribution < 1.29 is 19.4 Å². The number of aromatic carboxylic acids is 1. The molecule has 2 rings (SSSR count). The number of benzene rings is 2. The van der Waals surface area contributed by atoms with Crippen molar-refractivity contribution in [3.05, 3.63) is 71.3 Å². The second kappa shape index (κ2) is 10.8. The molecule has 4 nitrogen and oxygen atoms in total. The fourth-order valence-electron chi connectivity index (χ4n) is 2.60. The zero-order valence-corrected chi connectivity index (χ0v) is 17.5. The summed E-state index contributed by atoms with van der Waals surface area (Å²) < 4.78 is 12.5. The van der Waals surface area contributed by atoms with Gasteiger partial charge in [-0.3, -0.25) is 0 Å². The van der Waals surface area contributed by atoms with E-state index in [1.807, 2.05) is 36.4 Å². The van der Waals surface area contributed by atoms with E-state index in [2.05, 4.69) is 31.9 Å². The summed E-state index contributed by atoms with van der Waals surface area (Å²) in [7, 11) is 0. The summed E-state index contributed by atoms with van der Waals surface area (Å²) in [6.07, 6.45) is 1.63. The van der Waals surface area contributed by atoms with Crippen LogP contribution in [0.25, 0.3) is 0 Å². The number of alkyl halides is 2. The van der Waals surface area contributed by atoms with Crippen molar-refractivity contribution in [3.8, 4) is 0 Å². The molecule has 0 atom stereocenters. The molecule has 2 aromatic carbocycles. The van der Waals surface area contributed by atoms with Gasteiger partial charge in [0, 0.05) is 21.8 Å². The molecule has 0 unspecified atom stereocenters. The first-order valence-corrected chi connectivity index (χ1v) is 10.7. The molecule has 0 amide bonds.